The number of pyridine rings is 1. The highest BCUT2D eigenvalue weighted by atomic mass is 16.5. The fraction of sp³-hybridized carbons (Fsp3) is 0.650. The summed E-state index contributed by atoms with van der Waals surface area (Å²) >= 11 is 0. The number of hydrogen-bond donors (Lipinski definition) is 2. The van der Waals surface area contributed by atoms with Gasteiger partial charge in [-0.15, -0.1) is 0 Å². The number of likely N-dealkylation sites (tertiary alicyclic amines) is 1. The second-order valence-electron chi connectivity index (χ2n) is 7.57. The normalized spacial score (nSPS) is 25.7. The number of methoxy groups -OCH3 is 1. The van der Waals surface area contributed by atoms with Gasteiger partial charge in [0.15, 0.2) is 0 Å². The minimum absolute atomic E-state index is 0.141. The summed E-state index contributed by atoms with van der Waals surface area (Å²) in [7, 11) is 1.49. The predicted octanol–water partition coefficient (Wildman–Crippen LogP) is 1.67. The van der Waals surface area contributed by atoms with Crippen molar-refractivity contribution < 1.29 is 19.4 Å². The maximum Gasteiger partial charge on any atom is 0.255 e. The summed E-state index contributed by atoms with van der Waals surface area (Å²) in [6.45, 7) is 3.45. The molecule has 1 aromatic rings. The molecule has 1 aliphatic heterocycles. The first-order valence-corrected chi connectivity index (χ1v) is 9.78. The van der Waals surface area contributed by atoms with Crippen LogP contribution in [0.15, 0.2) is 12.3 Å². The molecule has 2 N–H and O–H groups in total. The number of ether oxygens (including phenoxy) is 1. The number of carbonyl (C=O) groups excluding carboxylic acids is 2. The van der Waals surface area contributed by atoms with Crippen LogP contribution in [0.5, 0.6) is 5.75 Å². The van der Waals surface area contributed by atoms with Gasteiger partial charge in [0.25, 0.3) is 5.91 Å². The molecule has 0 radical (unpaired) electrons. The van der Waals surface area contributed by atoms with Crippen LogP contribution >= 0.6 is 0 Å². The monoisotopic (exact) mass is 375 g/mol. The molecule has 0 unspecified atom stereocenters. The zero-order valence-corrected chi connectivity index (χ0v) is 16.1. The number of aromatic nitrogens is 1. The van der Waals surface area contributed by atoms with Gasteiger partial charge in [-0.05, 0) is 51.5 Å². The summed E-state index contributed by atoms with van der Waals surface area (Å²) < 4.78 is 5.23. The average Bonchev–Trinajstić information content (AvgIpc) is 2.69. The summed E-state index contributed by atoms with van der Waals surface area (Å²) in [5.41, 5.74) is 1.10. The van der Waals surface area contributed by atoms with Crippen LogP contribution in [0.4, 0.5) is 0 Å². The molecule has 0 bridgehead atoms. The van der Waals surface area contributed by atoms with Crippen molar-refractivity contribution in [1.29, 1.82) is 0 Å². The quantitative estimate of drug-likeness (QED) is 0.835. The van der Waals surface area contributed by atoms with Gasteiger partial charge in [0.2, 0.25) is 5.91 Å². The maximum atomic E-state index is 12.8. The van der Waals surface area contributed by atoms with E-state index in [0.717, 1.165) is 25.9 Å². The lowest BCUT2D eigenvalue weighted by molar-refractivity contribution is -0.138. The Labute approximate surface area is 160 Å². The molecule has 1 saturated carbocycles. The van der Waals surface area contributed by atoms with E-state index in [1.807, 2.05) is 4.90 Å². The number of nitrogens with zero attached hydrogens (tertiary/aromatic N) is 2. The third-order valence-corrected chi connectivity index (χ3v) is 5.62. The molecular formula is C20H29N3O4. The average molecular weight is 375 g/mol. The van der Waals surface area contributed by atoms with Crippen LogP contribution in [0, 0.1) is 12.8 Å². The van der Waals surface area contributed by atoms with Crippen LogP contribution in [-0.2, 0) is 4.79 Å². The summed E-state index contributed by atoms with van der Waals surface area (Å²) in [6, 6.07) is 1.22. The van der Waals surface area contributed by atoms with E-state index in [1.165, 1.54) is 19.7 Å². The number of carbonyl (C=O) groups is 2. The summed E-state index contributed by atoms with van der Waals surface area (Å²) in [4.78, 5) is 31.6. The second kappa shape index (κ2) is 8.69. The molecule has 2 aliphatic rings. The van der Waals surface area contributed by atoms with E-state index >= 15 is 0 Å². The van der Waals surface area contributed by atoms with E-state index in [1.54, 1.807) is 13.0 Å². The van der Waals surface area contributed by atoms with Gasteiger partial charge in [0, 0.05) is 24.7 Å². The Morgan fingerprint density at radius 2 is 2.00 bits per heavy atom. The van der Waals surface area contributed by atoms with Gasteiger partial charge in [0.05, 0.1) is 31.0 Å². The van der Waals surface area contributed by atoms with Crippen LogP contribution in [0.1, 0.15) is 54.6 Å². The molecule has 2 amide bonds. The highest BCUT2D eigenvalue weighted by Gasteiger charge is 2.36. The van der Waals surface area contributed by atoms with Crippen molar-refractivity contribution >= 4 is 11.8 Å². The van der Waals surface area contributed by atoms with Gasteiger partial charge >= 0.3 is 0 Å². The van der Waals surface area contributed by atoms with Gasteiger partial charge in [0.1, 0.15) is 5.75 Å². The Morgan fingerprint density at radius 3 is 2.70 bits per heavy atom. The van der Waals surface area contributed by atoms with E-state index in [9.17, 15) is 14.7 Å². The molecule has 1 aliphatic carbocycles. The van der Waals surface area contributed by atoms with Crippen molar-refractivity contribution in [2.75, 3.05) is 20.2 Å². The Bertz CT molecular complexity index is 688. The molecule has 2 heterocycles. The van der Waals surface area contributed by atoms with Crippen LogP contribution in [0.25, 0.3) is 0 Å². The van der Waals surface area contributed by atoms with E-state index in [2.05, 4.69) is 10.3 Å². The lowest BCUT2D eigenvalue weighted by Gasteiger charge is -2.37. The molecule has 148 valence electrons. The first-order chi connectivity index (χ1) is 13.0. The topological polar surface area (TPSA) is 91.8 Å². The number of rotatable bonds is 4. The highest BCUT2D eigenvalue weighted by molar-refractivity contribution is 5.97. The number of aryl methyl sites for hydroxylation is 1. The molecule has 7 heteroatoms. The van der Waals surface area contributed by atoms with E-state index in [4.69, 9.17) is 4.74 Å². The van der Waals surface area contributed by atoms with Gasteiger partial charge in [-0.3, -0.25) is 14.6 Å². The van der Waals surface area contributed by atoms with Crippen molar-refractivity contribution in [2.45, 2.75) is 57.6 Å². The third kappa shape index (κ3) is 4.58. The molecule has 3 atom stereocenters. The minimum atomic E-state index is -0.645. The molecular weight excluding hydrogens is 346 g/mol. The van der Waals surface area contributed by atoms with E-state index < -0.39 is 12.1 Å². The predicted molar refractivity (Wildman–Crippen MR) is 101 cm³/mol. The number of amides is 2. The molecule has 1 saturated heterocycles. The highest BCUT2D eigenvalue weighted by Crippen LogP contribution is 2.28. The first kappa shape index (κ1) is 19.6. The molecule has 0 spiro atoms. The number of piperidine rings is 1. The Hall–Kier alpha value is -2.15. The molecule has 0 aromatic carbocycles. The molecule has 27 heavy (non-hydrogen) atoms. The number of aliphatic hydroxyl groups excluding tert-OH is 1. The first-order valence-electron chi connectivity index (χ1n) is 9.78. The van der Waals surface area contributed by atoms with Crippen molar-refractivity contribution in [2.24, 2.45) is 5.92 Å². The van der Waals surface area contributed by atoms with Gasteiger partial charge < -0.3 is 20.1 Å². The zero-order valence-electron chi connectivity index (χ0n) is 16.1. The Kier molecular flexibility index (Phi) is 6.31. The molecule has 3 rings (SSSR count). The van der Waals surface area contributed by atoms with Crippen LogP contribution in [-0.4, -0.2) is 59.1 Å². The largest absolute Gasteiger partial charge is 0.494 e. The van der Waals surface area contributed by atoms with Crippen molar-refractivity contribution in [3.8, 4) is 5.75 Å². The van der Waals surface area contributed by atoms with Crippen LogP contribution < -0.4 is 10.1 Å². The molecule has 2 fully saturated rings. The molecule has 1 aromatic heterocycles. The number of hydrogen-bond acceptors (Lipinski definition) is 5. The van der Waals surface area contributed by atoms with Crippen LogP contribution in [0.3, 0.4) is 0 Å². The van der Waals surface area contributed by atoms with Crippen LogP contribution in [0.2, 0.25) is 0 Å². The van der Waals surface area contributed by atoms with E-state index in [-0.39, 0.29) is 17.7 Å². The SMILES string of the molecule is COc1cnc(C)cc1C(=O)N[C@@H]1C[C@@H](C(=O)N2CCCCC2)CC[C@H]1O. The zero-order chi connectivity index (χ0) is 19.4. The van der Waals surface area contributed by atoms with Crippen molar-refractivity contribution in [3.05, 3.63) is 23.5 Å². The van der Waals surface area contributed by atoms with Gasteiger partial charge in [-0.1, -0.05) is 0 Å². The lowest BCUT2D eigenvalue weighted by Crippen LogP contribution is -2.50. The lowest BCUT2D eigenvalue weighted by atomic mass is 9.82. The standard InChI is InChI=1S/C20H29N3O4/c1-13-10-15(18(27-2)12-21-13)19(25)22-16-11-14(6-7-17(16)24)20(26)23-8-4-3-5-9-23/h10,12,14,16-17,24H,3-9,11H2,1-2H3,(H,22,25)/t14-,16+,17+/m0/s1. The van der Waals surface area contributed by atoms with Gasteiger partial charge in [-0.25, -0.2) is 0 Å². The third-order valence-electron chi connectivity index (χ3n) is 5.62. The second-order valence-corrected chi connectivity index (χ2v) is 7.57. The van der Waals surface area contributed by atoms with E-state index in [0.29, 0.717) is 36.3 Å². The fourth-order valence-electron chi connectivity index (χ4n) is 4.04. The number of nitrogens with one attached hydrogen (secondary N) is 1. The maximum absolute atomic E-state index is 12.8. The van der Waals surface area contributed by atoms with Gasteiger partial charge in [-0.2, -0.15) is 0 Å². The van der Waals surface area contributed by atoms with Crippen molar-refractivity contribution in [3.63, 3.8) is 0 Å². The summed E-state index contributed by atoms with van der Waals surface area (Å²) in [5, 5.41) is 13.3. The minimum Gasteiger partial charge on any atom is -0.494 e. The smallest absolute Gasteiger partial charge is 0.255 e. The Morgan fingerprint density at radius 1 is 1.26 bits per heavy atom. The summed E-state index contributed by atoms with van der Waals surface area (Å²) in [5.74, 6) is 0.105. The number of aliphatic hydroxyl groups is 1. The Balaban J connectivity index is 1.67. The molecule has 7 nitrogen and oxygen atoms in total. The fourth-order valence-corrected chi connectivity index (χ4v) is 4.04. The van der Waals surface area contributed by atoms with Crippen molar-refractivity contribution in [1.82, 2.24) is 15.2 Å². The summed E-state index contributed by atoms with van der Waals surface area (Å²) in [6.07, 6.45) is 5.82.